The average Bonchev–Trinajstić information content (AvgIpc) is 2.32. The molecule has 1 rings (SSSR count). The van der Waals surface area contributed by atoms with E-state index in [2.05, 4.69) is 24.5 Å². The number of hydrogen-bond acceptors (Lipinski definition) is 2. The van der Waals surface area contributed by atoms with Crippen molar-refractivity contribution >= 4 is 11.6 Å². The Kier molecular flexibility index (Phi) is 5.80. The van der Waals surface area contributed by atoms with E-state index in [1.54, 1.807) is 13.0 Å². The maximum Gasteiger partial charge on any atom is 0.242 e. The molecule has 1 aromatic rings. The highest BCUT2D eigenvalue weighted by molar-refractivity contribution is 5.84. The van der Waals surface area contributed by atoms with Gasteiger partial charge in [0.1, 0.15) is 11.9 Å². The molecule has 0 spiro atoms. The monoisotopic (exact) mass is 266 g/mol. The molecule has 0 bridgehead atoms. The molecule has 0 aliphatic carbocycles. The first-order valence-corrected chi connectivity index (χ1v) is 6.70. The second-order valence-electron chi connectivity index (χ2n) is 5.30. The zero-order valence-corrected chi connectivity index (χ0v) is 12.1. The van der Waals surface area contributed by atoms with Crippen molar-refractivity contribution in [2.75, 3.05) is 11.9 Å². The lowest BCUT2D eigenvalue weighted by Crippen LogP contribution is -2.38. The fourth-order valence-corrected chi connectivity index (χ4v) is 1.72. The summed E-state index contributed by atoms with van der Waals surface area (Å²) in [5.41, 5.74) is 1.58. The predicted molar refractivity (Wildman–Crippen MR) is 76.7 cm³/mol. The van der Waals surface area contributed by atoms with E-state index in [-0.39, 0.29) is 17.8 Å². The van der Waals surface area contributed by atoms with Gasteiger partial charge in [-0.05, 0) is 49.9 Å². The van der Waals surface area contributed by atoms with Gasteiger partial charge in [-0.25, -0.2) is 4.39 Å². The third-order valence-corrected chi connectivity index (χ3v) is 2.97. The van der Waals surface area contributed by atoms with E-state index in [1.165, 1.54) is 12.1 Å². The van der Waals surface area contributed by atoms with Gasteiger partial charge in [-0.15, -0.1) is 0 Å². The van der Waals surface area contributed by atoms with E-state index in [9.17, 15) is 9.18 Å². The second-order valence-corrected chi connectivity index (χ2v) is 5.30. The summed E-state index contributed by atoms with van der Waals surface area (Å²) in [5, 5.41) is 5.99. The van der Waals surface area contributed by atoms with Gasteiger partial charge < -0.3 is 10.6 Å². The second kappa shape index (κ2) is 7.12. The summed E-state index contributed by atoms with van der Waals surface area (Å²) in [4.78, 5) is 11.9. The minimum Gasteiger partial charge on any atom is -0.374 e. The molecule has 0 aliphatic heterocycles. The van der Waals surface area contributed by atoms with Gasteiger partial charge in [0.15, 0.2) is 0 Å². The van der Waals surface area contributed by atoms with Crippen LogP contribution in [-0.2, 0) is 4.79 Å². The molecule has 0 aromatic heterocycles. The standard InChI is InChI=1S/C15H23FN2O/c1-10(2)7-8-17-15(19)12(4)18-14-6-5-13(16)9-11(14)3/h5-6,9-10,12,18H,7-8H2,1-4H3,(H,17,19). The van der Waals surface area contributed by atoms with Crippen molar-refractivity contribution in [3.05, 3.63) is 29.6 Å². The molecular weight excluding hydrogens is 243 g/mol. The molecule has 0 radical (unpaired) electrons. The summed E-state index contributed by atoms with van der Waals surface area (Å²) < 4.78 is 13.0. The number of nitrogens with one attached hydrogen (secondary N) is 2. The summed E-state index contributed by atoms with van der Waals surface area (Å²) >= 11 is 0. The van der Waals surface area contributed by atoms with E-state index in [0.29, 0.717) is 12.5 Å². The van der Waals surface area contributed by atoms with Crippen LogP contribution in [0.2, 0.25) is 0 Å². The van der Waals surface area contributed by atoms with Crippen LogP contribution in [-0.4, -0.2) is 18.5 Å². The van der Waals surface area contributed by atoms with Gasteiger partial charge in [-0.2, -0.15) is 0 Å². The van der Waals surface area contributed by atoms with Crippen LogP contribution >= 0.6 is 0 Å². The lowest BCUT2D eigenvalue weighted by molar-refractivity contribution is -0.121. The predicted octanol–water partition coefficient (Wildman–Crippen LogP) is 3.10. The molecule has 106 valence electrons. The van der Waals surface area contributed by atoms with Gasteiger partial charge in [0.25, 0.3) is 0 Å². The molecule has 1 aromatic carbocycles. The van der Waals surface area contributed by atoms with Crippen molar-refractivity contribution in [2.24, 2.45) is 5.92 Å². The van der Waals surface area contributed by atoms with Crippen molar-refractivity contribution in [3.63, 3.8) is 0 Å². The summed E-state index contributed by atoms with van der Waals surface area (Å²) in [6.45, 7) is 8.54. The molecule has 0 fully saturated rings. The molecule has 2 N–H and O–H groups in total. The third-order valence-electron chi connectivity index (χ3n) is 2.97. The number of anilines is 1. The number of aryl methyl sites for hydroxylation is 1. The van der Waals surface area contributed by atoms with Crippen LogP contribution in [0.1, 0.15) is 32.8 Å². The Morgan fingerprint density at radius 3 is 2.58 bits per heavy atom. The number of carbonyl (C=O) groups is 1. The zero-order chi connectivity index (χ0) is 14.4. The Labute approximate surface area is 114 Å². The number of halogens is 1. The summed E-state index contributed by atoms with van der Waals surface area (Å²) in [7, 11) is 0. The first-order chi connectivity index (χ1) is 8.90. The van der Waals surface area contributed by atoms with Crippen LogP contribution in [0, 0.1) is 18.7 Å². The Hall–Kier alpha value is -1.58. The van der Waals surface area contributed by atoms with Gasteiger partial charge in [-0.1, -0.05) is 13.8 Å². The Morgan fingerprint density at radius 1 is 1.32 bits per heavy atom. The van der Waals surface area contributed by atoms with E-state index >= 15 is 0 Å². The quantitative estimate of drug-likeness (QED) is 0.830. The molecule has 0 aliphatic rings. The minimum atomic E-state index is -0.337. The summed E-state index contributed by atoms with van der Waals surface area (Å²) in [6, 6.07) is 4.16. The fourth-order valence-electron chi connectivity index (χ4n) is 1.72. The van der Waals surface area contributed by atoms with Crippen molar-refractivity contribution in [2.45, 2.75) is 40.2 Å². The van der Waals surface area contributed by atoms with Crippen molar-refractivity contribution in [1.82, 2.24) is 5.32 Å². The molecule has 4 heteroatoms. The van der Waals surface area contributed by atoms with E-state index < -0.39 is 0 Å². The number of carbonyl (C=O) groups excluding carboxylic acids is 1. The highest BCUT2D eigenvalue weighted by Crippen LogP contribution is 2.16. The van der Waals surface area contributed by atoms with Crippen molar-refractivity contribution in [3.8, 4) is 0 Å². The Bertz CT molecular complexity index is 432. The van der Waals surface area contributed by atoms with Crippen LogP contribution < -0.4 is 10.6 Å². The fraction of sp³-hybridized carbons (Fsp3) is 0.533. The van der Waals surface area contributed by atoms with Crippen LogP contribution in [0.15, 0.2) is 18.2 Å². The molecule has 0 saturated carbocycles. The molecule has 1 atom stereocenters. The molecule has 0 saturated heterocycles. The van der Waals surface area contributed by atoms with Gasteiger partial charge in [0.05, 0.1) is 0 Å². The van der Waals surface area contributed by atoms with E-state index in [4.69, 9.17) is 0 Å². The Balaban J connectivity index is 2.49. The normalized spacial score (nSPS) is 12.3. The third kappa shape index (κ3) is 5.28. The van der Waals surface area contributed by atoms with Crippen LogP contribution in [0.25, 0.3) is 0 Å². The SMILES string of the molecule is Cc1cc(F)ccc1NC(C)C(=O)NCCC(C)C. The number of benzene rings is 1. The highest BCUT2D eigenvalue weighted by atomic mass is 19.1. The minimum absolute atomic E-state index is 0.0376. The molecule has 0 heterocycles. The number of amides is 1. The first kappa shape index (κ1) is 15.5. The lowest BCUT2D eigenvalue weighted by atomic mass is 10.1. The van der Waals surface area contributed by atoms with Crippen LogP contribution in [0.3, 0.4) is 0 Å². The van der Waals surface area contributed by atoms with Gasteiger partial charge in [-0.3, -0.25) is 4.79 Å². The average molecular weight is 266 g/mol. The summed E-state index contributed by atoms with van der Waals surface area (Å²) in [5.74, 6) is 0.268. The van der Waals surface area contributed by atoms with Crippen molar-refractivity contribution < 1.29 is 9.18 Å². The van der Waals surface area contributed by atoms with E-state index in [0.717, 1.165) is 17.7 Å². The maximum atomic E-state index is 13.0. The number of rotatable bonds is 6. The molecule has 19 heavy (non-hydrogen) atoms. The summed E-state index contributed by atoms with van der Waals surface area (Å²) in [6.07, 6.45) is 0.966. The topological polar surface area (TPSA) is 41.1 Å². The van der Waals surface area contributed by atoms with Gasteiger partial charge in [0, 0.05) is 12.2 Å². The first-order valence-electron chi connectivity index (χ1n) is 6.70. The molecule has 1 unspecified atom stereocenters. The van der Waals surface area contributed by atoms with Gasteiger partial charge >= 0.3 is 0 Å². The molecule has 1 amide bonds. The van der Waals surface area contributed by atoms with Gasteiger partial charge in [0.2, 0.25) is 5.91 Å². The van der Waals surface area contributed by atoms with Crippen molar-refractivity contribution in [1.29, 1.82) is 0 Å². The zero-order valence-electron chi connectivity index (χ0n) is 12.1. The van der Waals surface area contributed by atoms with E-state index in [1.807, 2.05) is 6.92 Å². The maximum absolute atomic E-state index is 13.0. The van der Waals surface area contributed by atoms with Crippen LogP contribution in [0.5, 0.6) is 0 Å². The van der Waals surface area contributed by atoms with Crippen LogP contribution in [0.4, 0.5) is 10.1 Å². The largest absolute Gasteiger partial charge is 0.374 e. The smallest absolute Gasteiger partial charge is 0.242 e. The molecule has 3 nitrogen and oxygen atoms in total. The Morgan fingerprint density at radius 2 is 2.00 bits per heavy atom. The number of hydrogen-bond donors (Lipinski definition) is 2. The highest BCUT2D eigenvalue weighted by Gasteiger charge is 2.13. The molecular formula is C15H23FN2O. The lowest BCUT2D eigenvalue weighted by Gasteiger charge is -2.17.